The Morgan fingerprint density at radius 1 is 0.688 bits per heavy atom. The van der Waals surface area contributed by atoms with Crippen molar-refractivity contribution >= 4 is 58.6 Å². The lowest BCUT2D eigenvalue weighted by atomic mass is 9.92. The van der Waals surface area contributed by atoms with E-state index < -0.39 is 26.5 Å². The maximum atomic E-state index is 12.1. The molecule has 8 heterocycles. The van der Waals surface area contributed by atoms with Crippen LogP contribution in [0.15, 0.2) is 0 Å². The normalized spacial score (nSPS) is 33.6. The van der Waals surface area contributed by atoms with Gasteiger partial charge < -0.3 is 46.1 Å². The number of phosphoric acid groups is 2. The van der Waals surface area contributed by atoms with Gasteiger partial charge in [0.1, 0.15) is 13.2 Å². The van der Waals surface area contributed by atoms with Crippen molar-refractivity contribution in [1.82, 2.24) is 0 Å². The quantitative estimate of drug-likeness (QED) is 0.109. The first kappa shape index (κ1) is 46.4. The zero-order valence-electron chi connectivity index (χ0n) is 27.9. The maximum Gasteiger partial charge on any atom is 0.474 e. The number of fused-ring (bicyclic) bond motifs is 6. The molecular formula is C27H53ClFIN2O13P2S. The number of carbonyl (C=O) groups is 2. The molecule has 0 saturated carbocycles. The highest BCUT2D eigenvalue weighted by Gasteiger charge is 2.52. The lowest BCUT2D eigenvalue weighted by Crippen LogP contribution is -3.00. The zero-order valence-corrected chi connectivity index (χ0v) is 32.4. The molecule has 8 aliphatic heterocycles. The summed E-state index contributed by atoms with van der Waals surface area (Å²) in [4.78, 5) is 24.2. The van der Waals surface area contributed by atoms with Gasteiger partial charge in [0.2, 0.25) is 0 Å². The van der Waals surface area contributed by atoms with Crippen molar-refractivity contribution in [2.24, 2.45) is 10.8 Å². The number of likely N-dealkylation sites (N-methyl/N-ethyl adjacent to an activating group) is 2. The molecule has 0 amide bonds. The molecule has 0 unspecified atom stereocenters. The van der Waals surface area contributed by atoms with Crippen molar-refractivity contribution in [3.63, 3.8) is 0 Å². The Kier molecular flexibility index (Phi) is 19.8. The number of ether oxygens (including phenoxy) is 2. The van der Waals surface area contributed by atoms with Crippen LogP contribution in [0.25, 0.3) is 0 Å². The molecule has 0 spiro atoms. The molecule has 4 bridgehead atoms. The topological polar surface area (TPSA) is 174 Å². The summed E-state index contributed by atoms with van der Waals surface area (Å²) in [5.41, 5.74) is -1.02. The predicted octanol–water partition coefficient (Wildman–Crippen LogP) is 0.514. The van der Waals surface area contributed by atoms with Gasteiger partial charge in [0.25, 0.3) is 1.45 Å². The van der Waals surface area contributed by atoms with E-state index in [2.05, 4.69) is 25.3 Å². The molecule has 0 aromatic heterocycles. The largest absolute Gasteiger partial charge is 1.00 e. The first-order valence-corrected chi connectivity index (χ1v) is 20.9. The zero-order chi connectivity index (χ0) is 34.0. The van der Waals surface area contributed by atoms with E-state index in [0.29, 0.717) is 13.1 Å². The second-order valence-electron chi connectivity index (χ2n) is 13.4. The van der Waals surface area contributed by atoms with Gasteiger partial charge in [0.15, 0.2) is 13.1 Å². The number of likely N-dealkylation sites (tertiary alicyclic amines) is 2. The average molecular weight is 891 g/mol. The van der Waals surface area contributed by atoms with E-state index in [1.807, 2.05) is 0 Å². The van der Waals surface area contributed by atoms with Gasteiger partial charge in [-0.15, -0.1) is 0 Å². The van der Waals surface area contributed by atoms with Gasteiger partial charge in [0, 0.05) is 0 Å². The fraction of sp³-hybridized carbons (Fsp3) is 0.926. The lowest BCUT2D eigenvalue weighted by Gasteiger charge is -2.43. The highest BCUT2D eigenvalue weighted by Crippen LogP contribution is 2.60. The molecule has 8 saturated heterocycles. The maximum absolute atomic E-state index is 12.1. The number of hydrogen-bond acceptors (Lipinski definition) is 13. The van der Waals surface area contributed by atoms with E-state index in [-0.39, 0.29) is 90.1 Å². The van der Waals surface area contributed by atoms with Crippen LogP contribution in [0, 0.1) is 10.8 Å². The van der Waals surface area contributed by atoms with E-state index >= 15 is 0 Å². The summed E-state index contributed by atoms with van der Waals surface area (Å²) < 4.78 is 79.2. The number of carbonyl (C=O) groups excluding carboxylic acids is 2. The third-order valence-electron chi connectivity index (χ3n) is 9.07. The van der Waals surface area contributed by atoms with Crippen molar-refractivity contribution in [1.29, 1.82) is 1.45 Å². The van der Waals surface area contributed by atoms with Crippen LogP contribution in [-0.2, 0) is 65.1 Å². The highest BCUT2D eigenvalue weighted by atomic mass is 127. The van der Waals surface area contributed by atoms with E-state index in [0.717, 1.165) is 35.1 Å². The second kappa shape index (κ2) is 20.5. The Hall–Kier alpha value is 0.340. The van der Waals surface area contributed by atoms with Gasteiger partial charge in [-0.1, -0.05) is 7.43 Å². The molecule has 21 heteroatoms. The van der Waals surface area contributed by atoms with E-state index in [1.165, 1.54) is 38.5 Å². The Labute approximate surface area is 308 Å². The van der Waals surface area contributed by atoms with Crippen LogP contribution in [-0.4, -0.2) is 134 Å². The van der Waals surface area contributed by atoms with Crippen LogP contribution in [0.4, 0.5) is 4.72 Å². The van der Waals surface area contributed by atoms with Gasteiger partial charge >= 0.3 is 27.6 Å². The van der Waals surface area contributed by atoms with Crippen molar-refractivity contribution in [3.8, 4) is 0 Å². The number of rotatable bonds is 8. The monoisotopic (exact) mass is 890 g/mol. The summed E-state index contributed by atoms with van der Waals surface area (Å²) >= 11 is 1.73. The molecule has 8 fully saturated rings. The number of hydrogen-bond donors (Lipinski definition) is 0. The van der Waals surface area contributed by atoms with Gasteiger partial charge in [-0.05, 0) is 38.5 Å². The SMILES string of the molecule is C.C[N+]1(CC(=O)OCC23COP(=O)(OC2)OC3)CCCCC1.C[N+]1(CC(=O)OCC23COP(=O)(OC2)OC3)CCCCC1.O.[3H]F.[Cl-].[S-]I. The highest BCUT2D eigenvalue weighted by molar-refractivity contribution is 14.2. The Balaban J connectivity index is 0.000000809. The first-order valence-electron chi connectivity index (χ1n) is 15.4. The standard InChI is InChI=1S/2C13H23NO6P.CH4.ClH.FH.IS.H2O/c2*1-14(5-3-2-4-6-14)7-12(15)17-8-13-9-18-21(16,19-10-13)20-11-13;;;;1-2;/h2*2-11H2,1H3;1H4;2*1H;;1H2/q2*+1;;;;-1;/p-1/i/hT. The average Bonchev–Trinajstić information content (AvgIpc) is 3.07. The van der Waals surface area contributed by atoms with Crippen LogP contribution in [0.1, 0.15) is 46.0 Å². The first-order chi connectivity index (χ1) is 21.9. The molecular weight excluding hydrogens is 836 g/mol. The summed E-state index contributed by atoms with van der Waals surface area (Å²) in [7, 11) is 1.66. The predicted molar refractivity (Wildman–Crippen MR) is 181 cm³/mol. The van der Waals surface area contributed by atoms with Crippen molar-refractivity contribution in [2.45, 2.75) is 46.0 Å². The van der Waals surface area contributed by atoms with Crippen LogP contribution in [0.5, 0.6) is 0 Å². The van der Waals surface area contributed by atoms with E-state index in [9.17, 15) is 18.7 Å². The number of phosphoric ester groups is 2. The van der Waals surface area contributed by atoms with Crippen LogP contribution < -0.4 is 12.4 Å². The molecule has 0 aliphatic carbocycles. The third-order valence-corrected chi connectivity index (χ3v) is 11.7. The van der Waals surface area contributed by atoms with Crippen LogP contribution in [0.3, 0.4) is 0 Å². The number of esters is 2. The van der Waals surface area contributed by atoms with Crippen LogP contribution >= 0.6 is 36.9 Å². The van der Waals surface area contributed by atoms with E-state index in [1.54, 1.807) is 21.2 Å². The minimum atomic E-state index is -3.30. The molecule has 0 aromatic carbocycles. The third kappa shape index (κ3) is 13.4. The van der Waals surface area contributed by atoms with Crippen molar-refractivity contribution < 1.29 is 86.9 Å². The lowest BCUT2D eigenvalue weighted by molar-refractivity contribution is -0.907. The summed E-state index contributed by atoms with van der Waals surface area (Å²) in [6.07, 6.45) is 7.16. The summed E-state index contributed by atoms with van der Waals surface area (Å²) in [6.45, 7) is 6.80. The van der Waals surface area contributed by atoms with Gasteiger partial charge in [-0.2, -0.15) is 0 Å². The second-order valence-corrected chi connectivity index (χ2v) is 16.8. The molecule has 0 aromatic rings. The molecule has 0 radical (unpaired) electrons. The number of piperidine rings is 2. The number of nitrogens with zero attached hydrogens (tertiary/aromatic N) is 2. The minimum Gasteiger partial charge on any atom is -1.00 e. The Bertz CT molecular complexity index is 982. The summed E-state index contributed by atoms with van der Waals surface area (Å²) in [5.74, 6) is -0.402. The van der Waals surface area contributed by atoms with Gasteiger partial charge in [-0.3, -0.25) is 53.1 Å². The Morgan fingerprint density at radius 3 is 1.19 bits per heavy atom. The van der Waals surface area contributed by atoms with Crippen molar-refractivity contribution in [3.05, 3.63) is 0 Å². The fourth-order valence-electron chi connectivity index (χ4n) is 6.07. The molecule has 15 nitrogen and oxygen atoms in total. The van der Waals surface area contributed by atoms with Crippen LogP contribution in [0.2, 0.25) is 0 Å². The fourth-order valence-corrected chi connectivity index (χ4v) is 9.11. The number of halogens is 3. The summed E-state index contributed by atoms with van der Waals surface area (Å²) in [5, 5.41) is 0. The molecule has 8 aliphatic rings. The molecule has 286 valence electrons. The summed E-state index contributed by atoms with van der Waals surface area (Å²) in [6, 6.07) is 0. The smallest absolute Gasteiger partial charge is 0.474 e. The minimum absolute atomic E-state index is 0. The molecule has 8 rings (SSSR count). The number of quaternary nitrogens is 2. The van der Waals surface area contributed by atoms with E-state index in [4.69, 9.17) is 41.3 Å². The Morgan fingerprint density at radius 2 is 0.938 bits per heavy atom. The van der Waals surface area contributed by atoms with Gasteiger partial charge in [0.05, 0.1) is 90.7 Å². The molecule has 48 heavy (non-hydrogen) atoms. The van der Waals surface area contributed by atoms with Gasteiger partial charge in [-0.25, -0.2) is 18.7 Å². The van der Waals surface area contributed by atoms with Crippen molar-refractivity contribution in [2.75, 3.05) is 106 Å². The molecule has 2 N–H and O–H groups in total. The molecule has 0 atom stereocenters.